The smallest absolute Gasteiger partial charge is 0.136 e. The Morgan fingerprint density at radius 1 is 1.71 bits per heavy atom. The number of carbonyl (C=O) groups is 1. The molecule has 1 heterocycles. The summed E-state index contributed by atoms with van der Waals surface area (Å²) in [5, 5.41) is 7.00. The fourth-order valence-corrected chi connectivity index (χ4v) is 1.00. The van der Waals surface area contributed by atoms with Gasteiger partial charge in [-0.25, -0.2) is 5.48 Å². The van der Waals surface area contributed by atoms with Gasteiger partial charge in [0.25, 0.3) is 0 Å². The van der Waals surface area contributed by atoms with Gasteiger partial charge in [-0.1, -0.05) is 13.8 Å². The predicted molar refractivity (Wildman–Crippen MR) is 59.8 cm³/mol. The van der Waals surface area contributed by atoms with Crippen LogP contribution in [0.1, 0.15) is 23.1 Å². The third-order valence-electron chi connectivity index (χ3n) is 1.57. The Hall–Kier alpha value is -0.490. The van der Waals surface area contributed by atoms with E-state index in [1.54, 1.807) is 0 Å². The van der Waals surface area contributed by atoms with Gasteiger partial charge in [-0.05, 0) is 6.42 Å². The summed E-state index contributed by atoms with van der Waals surface area (Å²) >= 11 is 0. The van der Waals surface area contributed by atoms with Gasteiger partial charge in [0.1, 0.15) is 6.29 Å². The molecule has 0 aromatic carbocycles. The van der Waals surface area contributed by atoms with Crippen molar-refractivity contribution in [2.75, 3.05) is 20.3 Å². The van der Waals surface area contributed by atoms with Gasteiger partial charge in [-0.3, -0.25) is 0 Å². The second kappa shape index (κ2) is 12.5. The first-order valence-electron chi connectivity index (χ1n) is 4.83. The SMILES string of the molecule is CC.CO.NC(C=O)CC1CNOC1.[HH].[HH]. The molecule has 0 spiro atoms. The van der Waals surface area contributed by atoms with Crippen LogP contribution in [-0.4, -0.2) is 37.7 Å². The zero-order valence-electron chi connectivity index (χ0n) is 9.19. The van der Waals surface area contributed by atoms with E-state index in [1.165, 1.54) is 0 Å². The van der Waals surface area contributed by atoms with Crippen LogP contribution >= 0.6 is 0 Å². The van der Waals surface area contributed by atoms with E-state index in [9.17, 15) is 4.79 Å². The Kier molecular flexibility index (Phi) is 14.3. The molecule has 2 unspecified atom stereocenters. The van der Waals surface area contributed by atoms with Crippen LogP contribution < -0.4 is 11.2 Å². The molecule has 1 aliphatic rings. The number of rotatable bonds is 3. The number of hydroxylamine groups is 1. The van der Waals surface area contributed by atoms with E-state index in [4.69, 9.17) is 15.7 Å². The predicted octanol–water partition coefficient (Wildman–Crippen LogP) is 0.180. The summed E-state index contributed by atoms with van der Waals surface area (Å²) in [6.07, 6.45) is 1.49. The summed E-state index contributed by atoms with van der Waals surface area (Å²) in [6.45, 7) is 5.48. The van der Waals surface area contributed by atoms with Gasteiger partial charge in [-0.15, -0.1) is 0 Å². The highest BCUT2D eigenvalue weighted by atomic mass is 16.7. The van der Waals surface area contributed by atoms with Crippen molar-refractivity contribution in [3.63, 3.8) is 0 Å². The van der Waals surface area contributed by atoms with E-state index < -0.39 is 0 Å². The first-order chi connectivity index (χ1) is 6.83. The highest BCUT2D eigenvalue weighted by molar-refractivity contribution is 5.56. The average molecular weight is 210 g/mol. The zero-order chi connectivity index (χ0) is 11.4. The fraction of sp³-hybridized carbons (Fsp3) is 0.889. The molecular formula is C9H26N2O3. The Labute approximate surface area is 88.5 Å². The first-order valence-corrected chi connectivity index (χ1v) is 4.83. The minimum Gasteiger partial charge on any atom is -0.400 e. The summed E-state index contributed by atoms with van der Waals surface area (Å²) in [5.74, 6) is 0.403. The maximum Gasteiger partial charge on any atom is 0.136 e. The Morgan fingerprint density at radius 2 is 2.29 bits per heavy atom. The van der Waals surface area contributed by atoms with Crippen molar-refractivity contribution >= 4 is 6.29 Å². The fourth-order valence-electron chi connectivity index (χ4n) is 1.00. The first kappa shape index (κ1) is 16.0. The lowest BCUT2D eigenvalue weighted by atomic mass is 10.0. The van der Waals surface area contributed by atoms with Crippen LogP contribution in [0.5, 0.6) is 0 Å². The van der Waals surface area contributed by atoms with Crippen LogP contribution in [-0.2, 0) is 9.63 Å². The second-order valence-electron chi connectivity index (χ2n) is 2.56. The van der Waals surface area contributed by atoms with E-state index in [2.05, 4.69) is 5.48 Å². The quantitative estimate of drug-likeness (QED) is 0.579. The summed E-state index contributed by atoms with van der Waals surface area (Å²) in [5.41, 5.74) is 8.13. The van der Waals surface area contributed by atoms with Crippen molar-refractivity contribution in [2.24, 2.45) is 11.7 Å². The van der Waals surface area contributed by atoms with Gasteiger partial charge < -0.3 is 20.5 Å². The summed E-state index contributed by atoms with van der Waals surface area (Å²) in [7, 11) is 1.00. The molecule has 1 rings (SSSR count). The molecule has 0 aromatic rings. The third-order valence-corrected chi connectivity index (χ3v) is 1.57. The third kappa shape index (κ3) is 8.12. The highest BCUT2D eigenvalue weighted by Crippen LogP contribution is 2.08. The standard InChI is InChI=1S/C6H12N2O2.C2H6.CH4O.2H2/c7-6(3-9)1-5-2-8-10-4-5;2*1-2;;/h3,5-6,8H,1-2,4,7H2;1-2H3;2H,1H3;2*1H. The lowest BCUT2D eigenvalue weighted by molar-refractivity contribution is -0.109. The maximum atomic E-state index is 10.1. The molecule has 0 aromatic heterocycles. The lowest BCUT2D eigenvalue weighted by Gasteiger charge is -2.07. The van der Waals surface area contributed by atoms with Gasteiger partial charge >= 0.3 is 0 Å². The van der Waals surface area contributed by atoms with Crippen molar-refractivity contribution in [3.8, 4) is 0 Å². The van der Waals surface area contributed by atoms with Gasteiger partial charge in [-0.2, -0.15) is 0 Å². The van der Waals surface area contributed by atoms with E-state index >= 15 is 0 Å². The van der Waals surface area contributed by atoms with Crippen molar-refractivity contribution < 1.29 is 17.6 Å². The molecule has 0 amide bonds. The molecule has 1 saturated heterocycles. The molecule has 5 nitrogen and oxygen atoms in total. The summed E-state index contributed by atoms with van der Waals surface area (Å²) in [6, 6.07) is -0.325. The molecule has 1 fully saturated rings. The summed E-state index contributed by atoms with van der Waals surface area (Å²) < 4.78 is 0. The topological polar surface area (TPSA) is 84.6 Å². The maximum absolute atomic E-state index is 10.1. The van der Waals surface area contributed by atoms with Crippen LogP contribution in [0.15, 0.2) is 0 Å². The van der Waals surface area contributed by atoms with E-state index in [1.807, 2.05) is 13.8 Å². The molecule has 5 heteroatoms. The second-order valence-corrected chi connectivity index (χ2v) is 2.56. The minimum absolute atomic E-state index is 0. The number of nitrogens with two attached hydrogens (primary N) is 1. The molecule has 4 N–H and O–H groups in total. The molecule has 2 atom stereocenters. The molecular weight excluding hydrogens is 184 g/mol. The van der Waals surface area contributed by atoms with Gasteiger partial charge in [0, 0.05) is 22.4 Å². The number of aliphatic hydroxyl groups is 1. The van der Waals surface area contributed by atoms with Gasteiger partial charge in [0.2, 0.25) is 0 Å². The monoisotopic (exact) mass is 210 g/mol. The zero-order valence-corrected chi connectivity index (χ0v) is 9.19. The number of hydrogen-bond donors (Lipinski definition) is 3. The van der Waals surface area contributed by atoms with Crippen LogP contribution in [0, 0.1) is 5.92 Å². The van der Waals surface area contributed by atoms with E-state index in [0.717, 1.165) is 26.4 Å². The van der Waals surface area contributed by atoms with Crippen LogP contribution in [0.3, 0.4) is 0 Å². The molecule has 0 aliphatic carbocycles. The van der Waals surface area contributed by atoms with Crippen molar-refractivity contribution in [3.05, 3.63) is 0 Å². The Morgan fingerprint density at radius 3 is 2.64 bits per heavy atom. The number of aldehydes is 1. The van der Waals surface area contributed by atoms with E-state index in [-0.39, 0.29) is 8.90 Å². The molecule has 0 saturated carbocycles. The average Bonchev–Trinajstić information content (AvgIpc) is 2.76. The van der Waals surface area contributed by atoms with Gasteiger partial charge in [0.05, 0.1) is 12.6 Å². The van der Waals surface area contributed by atoms with Crippen molar-refractivity contribution in [2.45, 2.75) is 26.3 Å². The largest absolute Gasteiger partial charge is 0.400 e. The Balaban J connectivity index is -0.000000109. The van der Waals surface area contributed by atoms with Crippen LogP contribution in [0.2, 0.25) is 0 Å². The normalized spacial score (nSPS) is 21.1. The lowest BCUT2D eigenvalue weighted by Crippen LogP contribution is -2.26. The number of carbonyl (C=O) groups excluding carboxylic acids is 1. The highest BCUT2D eigenvalue weighted by Gasteiger charge is 2.17. The minimum atomic E-state index is -0.325. The Bertz CT molecular complexity index is 125. The van der Waals surface area contributed by atoms with Crippen molar-refractivity contribution in [1.82, 2.24) is 5.48 Å². The molecule has 90 valence electrons. The summed E-state index contributed by atoms with van der Waals surface area (Å²) in [4.78, 5) is 15.0. The molecule has 1 aliphatic heterocycles. The van der Waals surface area contributed by atoms with Gasteiger partial charge in [0.15, 0.2) is 0 Å². The van der Waals surface area contributed by atoms with E-state index in [0.29, 0.717) is 12.5 Å². The molecule has 0 bridgehead atoms. The molecule has 0 radical (unpaired) electrons. The van der Waals surface area contributed by atoms with Crippen LogP contribution in [0.25, 0.3) is 0 Å². The molecule has 14 heavy (non-hydrogen) atoms. The number of aliphatic hydroxyl groups excluding tert-OH is 1. The van der Waals surface area contributed by atoms with Crippen LogP contribution in [0.4, 0.5) is 0 Å². The number of hydrogen-bond acceptors (Lipinski definition) is 5. The van der Waals surface area contributed by atoms with Crippen molar-refractivity contribution in [1.29, 1.82) is 0 Å². The number of nitrogens with one attached hydrogen (secondary N) is 1.